The van der Waals surface area contributed by atoms with E-state index in [0.717, 1.165) is 37.9 Å². The number of benzene rings is 1. The van der Waals surface area contributed by atoms with Gasteiger partial charge in [0.1, 0.15) is 9.49 Å². The Morgan fingerprint density at radius 2 is 1.13 bits per heavy atom. The third-order valence-corrected chi connectivity index (χ3v) is 21.2. The van der Waals surface area contributed by atoms with Crippen LogP contribution in [0.3, 0.4) is 0 Å². The highest BCUT2D eigenvalue weighted by molar-refractivity contribution is 8.00. The standard InChI is InChI=1S/C24H36N2O2S2.C17H30N2O2S2/c1-18(2)26(19(3)4)30(27,28)17-23-13-12-21(22(23,5)6)14-24(23,16-25)29-15-20-10-8-7-9-11-20;1-12(2)19(13(3)4)23(20,21)11-16-8-7-14(15(16,5)6)9-17(16,22)10-18/h7-11,18-19,21H,12-15,17H2,1-6H3;12-14,22H,7-9,11H2,1-6H3/t21?,23?,24-;14?,16?,17-/m11/s1. The molecule has 5 rings (SSSR count). The van der Waals surface area contributed by atoms with E-state index in [-0.39, 0.29) is 46.5 Å². The zero-order valence-electron chi connectivity index (χ0n) is 34.3. The van der Waals surface area contributed by atoms with Crippen LogP contribution in [0.15, 0.2) is 30.3 Å². The molecule has 1 aromatic rings. The van der Waals surface area contributed by atoms with Crippen LogP contribution in [-0.2, 0) is 25.8 Å². The predicted molar refractivity (Wildman–Crippen MR) is 222 cm³/mol. The molecule has 6 atom stereocenters. The first-order chi connectivity index (χ1) is 24.3. The van der Waals surface area contributed by atoms with Gasteiger partial charge in [-0.25, -0.2) is 16.8 Å². The second kappa shape index (κ2) is 15.2. The van der Waals surface area contributed by atoms with Crippen LogP contribution in [0.1, 0.15) is 127 Å². The summed E-state index contributed by atoms with van der Waals surface area (Å²) in [7, 11) is -6.98. The number of hydrogen-bond donors (Lipinski definition) is 1. The minimum atomic E-state index is -3.51. The average Bonchev–Trinajstić information content (AvgIpc) is 3.55. The molecule has 4 saturated carbocycles. The largest absolute Gasteiger partial charge is 0.215 e. The van der Waals surface area contributed by atoms with E-state index in [0.29, 0.717) is 18.3 Å². The van der Waals surface area contributed by atoms with Gasteiger partial charge in [-0.05, 0) is 122 Å². The van der Waals surface area contributed by atoms with Gasteiger partial charge in [-0.3, -0.25) is 0 Å². The van der Waals surface area contributed by atoms with E-state index in [9.17, 15) is 27.4 Å². The smallest absolute Gasteiger partial charge is 0.212 e. The number of thiol groups is 1. The fraction of sp³-hybridized carbons (Fsp3) is 0.805. The van der Waals surface area contributed by atoms with Crippen LogP contribution in [0.4, 0.5) is 0 Å². The van der Waals surface area contributed by atoms with Gasteiger partial charge < -0.3 is 0 Å². The molecular formula is C41H66N4O4S4. The quantitative estimate of drug-likeness (QED) is 0.198. The lowest BCUT2D eigenvalue weighted by atomic mass is 9.66. The molecule has 4 aliphatic carbocycles. The fourth-order valence-electron chi connectivity index (χ4n) is 11.6. The molecule has 0 heterocycles. The van der Waals surface area contributed by atoms with Gasteiger partial charge in [-0.1, -0.05) is 58.0 Å². The Morgan fingerprint density at radius 1 is 0.717 bits per heavy atom. The van der Waals surface area contributed by atoms with E-state index in [2.05, 4.69) is 52.0 Å². The first-order valence-electron chi connectivity index (χ1n) is 19.5. The van der Waals surface area contributed by atoms with Crippen molar-refractivity contribution in [1.82, 2.24) is 8.61 Å². The van der Waals surface area contributed by atoms with Gasteiger partial charge in [0.25, 0.3) is 0 Å². The highest BCUT2D eigenvalue weighted by Crippen LogP contribution is 2.74. The lowest BCUT2D eigenvalue weighted by molar-refractivity contribution is 0.139. The Hall–Kier alpha value is -1.28. The molecule has 0 N–H and O–H groups in total. The molecule has 4 fully saturated rings. The van der Waals surface area contributed by atoms with Crippen molar-refractivity contribution in [2.24, 2.45) is 33.5 Å². The number of nitrogens with zero attached hydrogens (tertiary/aromatic N) is 4. The Balaban J connectivity index is 0.000000245. The second-order valence-corrected chi connectivity index (χ2v) is 24.5. The summed E-state index contributed by atoms with van der Waals surface area (Å²) in [6, 6.07) is 14.9. The van der Waals surface area contributed by atoms with E-state index >= 15 is 0 Å². The molecule has 0 aromatic heterocycles. The number of sulfonamides is 2. The predicted octanol–water partition coefficient (Wildman–Crippen LogP) is 8.91. The molecule has 53 heavy (non-hydrogen) atoms. The van der Waals surface area contributed by atoms with Crippen molar-refractivity contribution in [3.8, 4) is 12.1 Å². The molecule has 0 saturated heterocycles. The molecule has 12 heteroatoms. The first-order valence-corrected chi connectivity index (χ1v) is 24.2. The molecule has 4 unspecified atom stereocenters. The van der Waals surface area contributed by atoms with E-state index in [1.165, 1.54) is 5.56 Å². The van der Waals surface area contributed by atoms with Crippen LogP contribution in [0.25, 0.3) is 0 Å². The minimum Gasteiger partial charge on any atom is -0.212 e. The summed E-state index contributed by atoms with van der Waals surface area (Å²) < 4.78 is 55.6. The molecule has 0 spiro atoms. The SMILES string of the molecule is CC(C)N(C(C)C)S(=O)(=O)CC12CCC(C[C@@]1(S)C#N)C2(C)C.CC(C)N(C(C)C)S(=O)(=O)CC12CCC(C[C@]1(C#N)SCc1ccccc1)C2(C)C. The molecule has 0 aliphatic heterocycles. The molecule has 0 amide bonds. The molecule has 8 nitrogen and oxygen atoms in total. The average molecular weight is 807 g/mol. The number of hydrogen-bond acceptors (Lipinski definition) is 8. The van der Waals surface area contributed by atoms with Gasteiger partial charge in [0.15, 0.2) is 0 Å². The second-order valence-electron chi connectivity index (χ2n) is 18.7. The molecule has 4 bridgehead atoms. The molecule has 0 radical (unpaired) electrons. The monoisotopic (exact) mass is 806 g/mol. The maximum absolute atomic E-state index is 13.7. The van der Waals surface area contributed by atoms with Crippen molar-refractivity contribution in [2.45, 2.75) is 161 Å². The van der Waals surface area contributed by atoms with Gasteiger partial charge >= 0.3 is 0 Å². The number of thioether (sulfide) groups is 1. The first kappa shape index (κ1) is 44.4. The molecular weight excluding hydrogens is 741 g/mol. The van der Waals surface area contributed by atoms with Crippen molar-refractivity contribution in [2.75, 3.05) is 11.5 Å². The summed E-state index contributed by atoms with van der Waals surface area (Å²) in [5.41, 5.74) is -0.305. The van der Waals surface area contributed by atoms with Crippen LogP contribution in [0.2, 0.25) is 0 Å². The minimum absolute atomic E-state index is 0.0247. The van der Waals surface area contributed by atoms with Gasteiger partial charge in [-0.2, -0.15) is 31.8 Å². The Morgan fingerprint density at radius 3 is 1.53 bits per heavy atom. The fourth-order valence-corrected chi connectivity index (χ4v) is 19.8. The van der Waals surface area contributed by atoms with Crippen molar-refractivity contribution in [3.63, 3.8) is 0 Å². The summed E-state index contributed by atoms with van der Waals surface area (Å²) >= 11 is 6.40. The van der Waals surface area contributed by atoms with E-state index in [4.69, 9.17) is 12.6 Å². The summed E-state index contributed by atoms with van der Waals surface area (Å²) in [6.45, 7) is 24.1. The van der Waals surface area contributed by atoms with Crippen molar-refractivity contribution in [1.29, 1.82) is 10.5 Å². The molecule has 4 aliphatic rings. The number of fused-ring (bicyclic) bond motifs is 4. The van der Waals surface area contributed by atoms with E-state index in [1.54, 1.807) is 20.4 Å². The van der Waals surface area contributed by atoms with Crippen LogP contribution in [0, 0.1) is 56.2 Å². The van der Waals surface area contributed by atoms with Crippen molar-refractivity contribution in [3.05, 3.63) is 35.9 Å². The van der Waals surface area contributed by atoms with Gasteiger partial charge in [0.2, 0.25) is 20.0 Å². The van der Waals surface area contributed by atoms with E-state index in [1.807, 2.05) is 73.6 Å². The van der Waals surface area contributed by atoms with Gasteiger partial charge in [0, 0.05) is 40.8 Å². The van der Waals surface area contributed by atoms with Crippen LogP contribution in [-0.4, -0.2) is 70.6 Å². The summed E-state index contributed by atoms with van der Waals surface area (Å²) in [4.78, 5) is 0. The zero-order valence-corrected chi connectivity index (χ0v) is 37.7. The third kappa shape index (κ3) is 7.27. The Labute approximate surface area is 332 Å². The summed E-state index contributed by atoms with van der Waals surface area (Å²) in [5.74, 6) is 1.59. The zero-order chi connectivity index (χ0) is 40.2. The third-order valence-electron chi connectivity index (χ3n) is 14.2. The Kier molecular flexibility index (Phi) is 12.8. The lowest BCUT2D eigenvalue weighted by Crippen LogP contribution is -2.54. The van der Waals surface area contributed by atoms with Gasteiger partial charge in [-0.15, -0.1) is 11.8 Å². The van der Waals surface area contributed by atoms with Crippen LogP contribution >= 0.6 is 24.4 Å². The normalized spacial score (nSPS) is 32.8. The van der Waals surface area contributed by atoms with Crippen LogP contribution in [0.5, 0.6) is 0 Å². The topological polar surface area (TPSA) is 122 Å². The highest BCUT2D eigenvalue weighted by atomic mass is 32.2. The number of nitriles is 2. The van der Waals surface area contributed by atoms with E-state index < -0.39 is 40.4 Å². The molecule has 1 aromatic carbocycles. The van der Waals surface area contributed by atoms with Crippen molar-refractivity contribution >= 4 is 44.4 Å². The maximum atomic E-state index is 13.7. The maximum Gasteiger partial charge on any atom is 0.215 e. The highest BCUT2D eigenvalue weighted by Gasteiger charge is 2.74. The Bertz CT molecular complexity index is 1770. The summed E-state index contributed by atoms with van der Waals surface area (Å²) in [6.07, 6.45) is 5.07. The summed E-state index contributed by atoms with van der Waals surface area (Å²) in [5, 5.41) is 20.3. The number of rotatable bonds is 13. The van der Waals surface area contributed by atoms with Crippen molar-refractivity contribution < 1.29 is 16.8 Å². The van der Waals surface area contributed by atoms with Crippen LogP contribution < -0.4 is 0 Å². The lowest BCUT2D eigenvalue weighted by Gasteiger charge is -2.48. The van der Waals surface area contributed by atoms with Gasteiger partial charge in [0.05, 0.1) is 23.6 Å². The molecule has 298 valence electrons.